The van der Waals surface area contributed by atoms with Crippen molar-refractivity contribution in [3.8, 4) is 6.07 Å². The van der Waals surface area contributed by atoms with Crippen LogP contribution in [0, 0.1) is 25.2 Å². The number of rotatable bonds is 5. The molecule has 3 aromatic heterocycles. The van der Waals surface area contributed by atoms with Crippen LogP contribution in [0.3, 0.4) is 0 Å². The Balaban J connectivity index is 1.50. The Morgan fingerprint density at radius 3 is 2.80 bits per heavy atom. The summed E-state index contributed by atoms with van der Waals surface area (Å²) in [5, 5.41) is 14.4. The highest BCUT2D eigenvalue weighted by Gasteiger charge is 2.22. The van der Waals surface area contributed by atoms with E-state index >= 15 is 0 Å². The van der Waals surface area contributed by atoms with E-state index in [1.165, 1.54) is 6.20 Å². The van der Waals surface area contributed by atoms with Gasteiger partial charge in [0.05, 0.1) is 22.5 Å². The fraction of sp³-hybridized carbons (Fsp3) is 0.318. The number of thiazole rings is 1. The lowest BCUT2D eigenvalue weighted by Crippen LogP contribution is -2.30. The van der Waals surface area contributed by atoms with Crippen molar-refractivity contribution in [1.29, 1.82) is 5.26 Å². The highest BCUT2D eigenvalue weighted by atomic mass is 32.1. The standard InChI is InChI=1S/C22H22N6OS/c1-13-17(14(2)28-21(25-13)16(11-23)12-24-28)9-10-20(29)27(4)15(3)22-26-18-7-5-6-8-19(18)30-22/h5-8,12,15H,9-10H2,1-4H3/t15-/m0/s1. The summed E-state index contributed by atoms with van der Waals surface area (Å²) in [6, 6.07) is 10.0. The minimum absolute atomic E-state index is 0.0545. The van der Waals surface area contributed by atoms with Crippen LogP contribution in [-0.2, 0) is 11.2 Å². The number of nitriles is 1. The highest BCUT2D eigenvalue weighted by molar-refractivity contribution is 7.18. The number of benzene rings is 1. The van der Waals surface area contributed by atoms with Crippen LogP contribution in [0.25, 0.3) is 15.9 Å². The molecule has 3 heterocycles. The maximum absolute atomic E-state index is 12.9. The molecular weight excluding hydrogens is 396 g/mol. The minimum atomic E-state index is -0.0954. The minimum Gasteiger partial charge on any atom is -0.337 e. The van der Waals surface area contributed by atoms with Crippen LogP contribution in [0.4, 0.5) is 0 Å². The second-order valence-corrected chi connectivity index (χ2v) is 8.43. The quantitative estimate of drug-likeness (QED) is 0.489. The molecule has 8 heteroatoms. The molecule has 0 saturated carbocycles. The lowest BCUT2D eigenvalue weighted by atomic mass is 10.1. The van der Waals surface area contributed by atoms with E-state index < -0.39 is 0 Å². The van der Waals surface area contributed by atoms with Crippen molar-refractivity contribution in [3.63, 3.8) is 0 Å². The van der Waals surface area contributed by atoms with Gasteiger partial charge in [0.2, 0.25) is 5.91 Å². The molecule has 0 aliphatic carbocycles. The number of hydrogen-bond acceptors (Lipinski definition) is 6. The normalized spacial score (nSPS) is 12.2. The Morgan fingerprint density at radius 2 is 2.07 bits per heavy atom. The Labute approximate surface area is 178 Å². The average molecular weight is 419 g/mol. The second-order valence-electron chi connectivity index (χ2n) is 7.37. The van der Waals surface area contributed by atoms with Gasteiger partial charge < -0.3 is 4.90 Å². The van der Waals surface area contributed by atoms with Crippen molar-refractivity contribution in [1.82, 2.24) is 24.5 Å². The van der Waals surface area contributed by atoms with E-state index in [2.05, 4.69) is 21.1 Å². The van der Waals surface area contributed by atoms with Crippen molar-refractivity contribution in [3.05, 3.63) is 58.0 Å². The summed E-state index contributed by atoms with van der Waals surface area (Å²) in [5.41, 5.74) is 4.70. The maximum Gasteiger partial charge on any atom is 0.223 e. The molecule has 0 N–H and O–H groups in total. The van der Waals surface area contributed by atoms with Crippen LogP contribution < -0.4 is 0 Å². The number of nitrogens with zero attached hydrogens (tertiary/aromatic N) is 6. The van der Waals surface area contributed by atoms with E-state index in [4.69, 9.17) is 0 Å². The SMILES string of the molecule is Cc1nc2c(C#N)cnn2c(C)c1CCC(=O)N(C)[C@@H](C)c1nc2ccccc2s1. The fourth-order valence-electron chi connectivity index (χ4n) is 3.61. The second kappa shape index (κ2) is 7.84. The van der Waals surface area contributed by atoms with Crippen LogP contribution in [-0.4, -0.2) is 37.4 Å². The van der Waals surface area contributed by atoms with E-state index in [1.54, 1.807) is 20.8 Å². The number of aromatic nitrogens is 4. The van der Waals surface area contributed by atoms with Gasteiger partial charge in [-0.1, -0.05) is 12.1 Å². The van der Waals surface area contributed by atoms with Crippen molar-refractivity contribution in [2.24, 2.45) is 0 Å². The van der Waals surface area contributed by atoms with Gasteiger partial charge in [-0.2, -0.15) is 10.4 Å². The Hall–Kier alpha value is -3.31. The summed E-state index contributed by atoms with van der Waals surface area (Å²) in [4.78, 5) is 23.9. The molecule has 0 aliphatic heterocycles. The van der Waals surface area contributed by atoms with Crippen LogP contribution in [0.15, 0.2) is 30.5 Å². The number of para-hydroxylation sites is 1. The molecule has 1 aromatic carbocycles. The first-order valence-corrected chi connectivity index (χ1v) is 10.6. The molecule has 4 rings (SSSR count). The molecule has 7 nitrogen and oxygen atoms in total. The lowest BCUT2D eigenvalue weighted by Gasteiger charge is -2.23. The molecule has 0 radical (unpaired) electrons. The van der Waals surface area contributed by atoms with Crippen molar-refractivity contribution >= 4 is 33.1 Å². The molecule has 30 heavy (non-hydrogen) atoms. The predicted octanol–water partition coefficient (Wildman–Crippen LogP) is 3.98. The number of carbonyl (C=O) groups excluding carboxylic acids is 1. The summed E-state index contributed by atoms with van der Waals surface area (Å²) in [5.74, 6) is 0.0545. The van der Waals surface area contributed by atoms with Gasteiger partial charge >= 0.3 is 0 Å². The zero-order valence-electron chi connectivity index (χ0n) is 17.4. The maximum atomic E-state index is 12.9. The summed E-state index contributed by atoms with van der Waals surface area (Å²) in [6.07, 6.45) is 2.46. The Morgan fingerprint density at radius 1 is 1.30 bits per heavy atom. The first kappa shape index (κ1) is 20.0. The fourth-order valence-corrected chi connectivity index (χ4v) is 4.67. The first-order valence-electron chi connectivity index (χ1n) is 9.75. The van der Waals surface area contributed by atoms with Crippen molar-refractivity contribution in [2.75, 3.05) is 7.05 Å². The monoisotopic (exact) mass is 418 g/mol. The van der Waals surface area contributed by atoms with E-state index in [0.717, 1.165) is 32.2 Å². The molecule has 0 unspecified atom stereocenters. The Bertz CT molecular complexity index is 1270. The highest BCUT2D eigenvalue weighted by Crippen LogP contribution is 2.29. The Kier molecular flexibility index (Phi) is 5.22. The van der Waals surface area contributed by atoms with Gasteiger partial charge in [-0.15, -0.1) is 11.3 Å². The van der Waals surface area contributed by atoms with Gasteiger partial charge in [0.25, 0.3) is 0 Å². The molecular formula is C22H22N6OS. The topological polar surface area (TPSA) is 87.2 Å². The molecule has 0 bridgehead atoms. The number of carbonyl (C=O) groups is 1. The third-order valence-electron chi connectivity index (χ3n) is 5.56. The molecule has 1 amide bonds. The van der Waals surface area contributed by atoms with E-state index in [-0.39, 0.29) is 11.9 Å². The van der Waals surface area contributed by atoms with Gasteiger partial charge in [-0.05, 0) is 44.9 Å². The van der Waals surface area contributed by atoms with E-state index in [1.807, 2.05) is 52.1 Å². The summed E-state index contributed by atoms with van der Waals surface area (Å²) >= 11 is 1.62. The molecule has 4 aromatic rings. The smallest absolute Gasteiger partial charge is 0.223 e. The van der Waals surface area contributed by atoms with Gasteiger partial charge in [0.15, 0.2) is 5.65 Å². The largest absolute Gasteiger partial charge is 0.337 e. The van der Waals surface area contributed by atoms with Crippen LogP contribution in [0.1, 0.15) is 46.9 Å². The number of amides is 1. The number of hydrogen-bond donors (Lipinski definition) is 0. The summed E-state index contributed by atoms with van der Waals surface area (Å²) < 4.78 is 2.81. The zero-order valence-corrected chi connectivity index (χ0v) is 18.2. The molecule has 0 saturated heterocycles. The van der Waals surface area contributed by atoms with E-state index in [9.17, 15) is 10.1 Å². The third-order valence-corrected chi connectivity index (χ3v) is 6.77. The predicted molar refractivity (Wildman–Crippen MR) is 116 cm³/mol. The summed E-state index contributed by atoms with van der Waals surface area (Å²) in [6.45, 7) is 5.87. The number of aryl methyl sites for hydroxylation is 2. The lowest BCUT2D eigenvalue weighted by molar-refractivity contribution is -0.131. The van der Waals surface area contributed by atoms with Gasteiger partial charge in [0, 0.05) is 24.9 Å². The van der Waals surface area contributed by atoms with Gasteiger partial charge in [-0.25, -0.2) is 14.5 Å². The van der Waals surface area contributed by atoms with Crippen LogP contribution >= 0.6 is 11.3 Å². The third kappa shape index (κ3) is 3.42. The van der Waals surface area contributed by atoms with Crippen molar-refractivity contribution in [2.45, 2.75) is 39.7 Å². The first-order chi connectivity index (χ1) is 14.4. The summed E-state index contributed by atoms with van der Waals surface area (Å²) in [7, 11) is 1.83. The molecule has 0 spiro atoms. The molecule has 152 valence electrons. The average Bonchev–Trinajstić information content (AvgIpc) is 3.36. The van der Waals surface area contributed by atoms with E-state index in [0.29, 0.717) is 24.1 Å². The van der Waals surface area contributed by atoms with Crippen LogP contribution in [0.5, 0.6) is 0 Å². The molecule has 1 atom stereocenters. The van der Waals surface area contributed by atoms with Gasteiger partial charge in [-0.3, -0.25) is 4.79 Å². The van der Waals surface area contributed by atoms with Crippen molar-refractivity contribution < 1.29 is 4.79 Å². The number of fused-ring (bicyclic) bond motifs is 2. The van der Waals surface area contributed by atoms with Crippen LogP contribution in [0.2, 0.25) is 0 Å². The molecule has 0 fully saturated rings. The molecule has 0 aliphatic rings. The van der Waals surface area contributed by atoms with Gasteiger partial charge in [0.1, 0.15) is 16.6 Å². The zero-order chi connectivity index (χ0) is 21.4.